The fraction of sp³-hybridized carbons (Fsp3) is 0.818. The summed E-state index contributed by atoms with van der Waals surface area (Å²) < 4.78 is 0. The van der Waals surface area contributed by atoms with Gasteiger partial charge in [0.05, 0.1) is 0 Å². The molecular weight excluding hydrogens is 132 g/mol. The molecule has 2 rings (SSSR count). The fourth-order valence-electron chi connectivity index (χ4n) is 2.89. The molecule has 0 amide bonds. The second kappa shape index (κ2) is 1.91. The Morgan fingerprint density at radius 1 is 1.18 bits per heavy atom. The molecule has 2 atom stereocenters. The smallest absolute Gasteiger partial charge is 0.00563 e. The van der Waals surface area contributed by atoms with Crippen molar-refractivity contribution in [1.29, 1.82) is 0 Å². The van der Waals surface area contributed by atoms with Crippen LogP contribution in [0.3, 0.4) is 0 Å². The molecule has 0 heteroatoms. The Bertz CT molecular complexity index is 218. The maximum Gasteiger partial charge on any atom is -0.00563 e. The third-order valence-electron chi connectivity index (χ3n) is 4.43. The zero-order chi connectivity index (χ0) is 8.22. The lowest BCUT2D eigenvalue weighted by Gasteiger charge is -2.18. The average molecular weight is 150 g/mol. The molecule has 2 aliphatic carbocycles. The van der Waals surface area contributed by atoms with Gasteiger partial charge in [-0.15, -0.1) is 0 Å². The number of allylic oxidation sites excluding steroid dienone is 2. The van der Waals surface area contributed by atoms with Gasteiger partial charge in [-0.25, -0.2) is 0 Å². The summed E-state index contributed by atoms with van der Waals surface area (Å²) in [5.41, 5.74) is 4.08. The van der Waals surface area contributed by atoms with Crippen LogP contribution in [0, 0.1) is 17.3 Å². The van der Waals surface area contributed by atoms with Gasteiger partial charge < -0.3 is 0 Å². The predicted octanol–water partition coefficient (Wildman–Crippen LogP) is 3.39. The lowest BCUT2D eigenvalue weighted by atomic mass is 9.85. The molecule has 0 aliphatic heterocycles. The number of hydrogen-bond donors (Lipinski definition) is 0. The standard InChI is InChI=1S/C11H18/c1-7-8(2)10(4)11(5-6-11)9(7)3/h7,9H,5-6H2,1-4H3. The molecule has 0 N–H and O–H groups in total. The minimum atomic E-state index is 0.684. The van der Waals surface area contributed by atoms with Crippen LogP contribution in [0.15, 0.2) is 11.1 Å². The molecule has 0 nitrogen and oxygen atoms in total. The summed E-state index contributed by atoms with van der Waals surface area (Å²) in [6, 6.07) is 0. The summed E-state index contributed by atoms with van der Waals surface area (Å²) in [5, 5.41) is 0. The molecule has 0 bridgehead atoms. The molecule has 11 heavy (non-hydrogen) atoms. The Balaban J connectivity index is 2.39. The Labute approximate surface area is 69.7 Å². The van der Waals surface area contributed by atoms with Crippen LogP contribution < -0.4 is 0 Å². The zero-order valence-corrected chi connectivity index (χ0v) is 8.07. The first-order valence-electron chi connectivity index (χ1n) is 4.77. The molecule has 1 fully saturated rings. The van der Waals surface area contributed by atoms with Gasteiger partial charge in [0.25, 0.3) is 0 Å². The fourth-order valence-corrected chi connectivity index (χ4v) is 2.89. The highest BCUT2D eigenvalue weighted by molar-refractivity contribution is 5.34. The lowest BCUT2D eigenvalue weighted by molar-refractivity contribution is 0.350. The van der Waals surface area contributed by atoms with Crippen LogP contribution >= 0.6 is 0 Å². The lowest BCUT2D eigenvalue weighted by Crippen LogP contribution is -2.12. The minimum Gasteiger partial charge on any atom is -0.0707 e. The summed E-state index contributed by atoms with van der Waals surface area (Å²) in [7, 11) is 0. The minimum absolute atomic E-state index is 0.684. The van der Waals surface area contributed by atoms with Crippen LogP contribution in [0.1, 0.15) is 40.5 Å². The quantitative estimate of drug-likeness (QED) is 0.464. The Hall–Kier alpha value is -0.260. The van der Waals surface area contributed by atoms with Crippen molar-refractivity contribution in [2.24, 2.45) is 17.3 Å². The summed E-state index contributed by atoms with van der Waals surface area (Å²) in [6.45, 7) is 9.49. The van der Waals surface area contributed by atoms with E-state index in [2.05, 4.69) is 27.7 Å². The highest BCUT2D eigenvalue weighted by atomic mass is 14.6. The molecule has 0 heterocycles. The van der Waals surface area contributed by atoms with Gasteiger partial charge in [0, 0.05) is 0 Å². The van der Waals surface area contributed by atoms with E-state index in [4.69, 9.17) is 0 Å². The Morgan fingerprint density at radius 3 is 1.91 bits per heavy atom. The van der Waals surface area contributed by atoms with Crippen molar-refractivity contribution < 1.29 is 0 Å². The van der Waals surface area contributed by atoms with Gasteiger partial charge in [0.1, 0.15) is 0 Å². The molecular formula is C11H18. The Kier molecular flexibility index (Phi) is 1.28. The van der Waals surface area contributed by atoms with Crippen LogP contribution in [0.2, 0.25) is 0 Å². The monoisotopic (exact) mass is 150 g/mol. The van der Waals surface area contributed by atoms with E-state index in [1.54, 1.807) is 11.1 Å². The second-order valence-electron chi connectivity index (χ2n) is 4.54. The highest BCUT2D eigenvalue weighted by Gasteiger charge is 2.54. The van der Waals surface area contributed by atoms with Gasteiger partial charge >= 0.3 is 0 Å². The second-order valence-corrected chi connectivity index (χ2v) is 4.54. The third kappa shape index (κ3) is 0.706. The van der Waals surface area contributed by atoms with Crippen LogP contribution in [-0.2, 0) is 0 Å². The Morgan fingerprint density at radius 2 is 1.73 bits per heavy atom. The van der Waals surface area contributed by atoms with E-state index in [0.717, 1.165) is 11.8 Å². The van der Waals surface area contributed by atoms with Crippen molar-refractivity contribution in [3.8, 4) is 0 Å². The first-order valence-corrected chi connectivity index (χ1v) is 4.77. The number of rotatable bonds is 0. The van der Waals surface area contributed by atoms with E-state index >= 15 is 0 Å². The van der Waals surface area contributed by atoms with Crippen LogP contribution in [-0.4, -0.2) is 0 Å². The molecule has 0 aromatic carbocycles. The van der Waals surface area contributed by atoms with E-state index in [9.17, 15) is 0 Å². The topological polar surface area (TPSA) is 0 Å². The van der Waals surface area contributed by atoms with Gasteiger partial charge in [-0.2, -0.15) is 0 Å². The highest BCUT2D eigenvalue weighted by Crippen LogP contribution is 2.65. The molecule has 0 aromatic heterocycles. The predicted molar refractivity (Wildman–Crippen MR) is 48.4 cm³/mol. The third-order valence-corrected chi connectivity index (χ3v) is 4.43. The van der Waals surface area contributed by atoms with E-state index in [-0.39, 0.29) is 0 Å². The first kappa shape index (κ1) is 7.39. The molecule has 2 unspecified atom stereocenters. The van der Waals surface area contributed by atoms with Crippen LogP contribution in [0.25, 0.3) is 0 Å². The maximum absolute atomic E-state index is 2.43. The molecule has 1 saturated carbocycles. The summed E-state index contributed by atoms with van der Waals surface area (Å²) in [4.78, 5) is 0. The van der Waals surface area contributed by atoms with Crippen molar-refractivity contribution in [2.75, 3.05) is 0 Å². The largest absolute Gasteiger partial charge is 0.0707 e. The molecule has 2 aliphatic rings. The number of hydrogen-bond acceptors (Lipinski definition) is 0. The van der Waals surface area contributed by atoms with E-state index in [0.29, 0.717) is 5.41 Å². The van der Waals surface area contributed by atoms with Gasteiger partial charge in [0.15, 0.2) is 0 Å². The van der Waals surface area contributed by atoms with E-state index in [1.807, 2.05) is 0 Å². The van der Waals surface area contributed by atoms with E-state index < -0.39 is 0 Å². The SMILES string of the molecule is CC1=C(C)C2(CC2)C(C)C1C. The van der Waals surface area contributed by atoms with Crippen molar-refractivity contribution in [3.05, 3.63) is 11.1 Å². The maximum atomic E-state index is 2.43. The molecule has 0 radical (unpaired) electrons. The van der Waals surface area contributed by atoms with Gasteiger partial charge in [-0.1, -0.05) is 25.0 Å². The van der Waals surface area contributed by atoms with Crippen molar-refractivity contribution in [2.45, 2.75) is 40.5 Å². The van der Waals surface area contributed by atoms with Crippen molar-refractivity contribution in [3.63, 3.8) is 0 Å². The van der Waals surface area contributed by atoms with Crippen LogP contribution in [0.4, 0.5) is 0 Å². The normalized spacial score (nSPS) is 40.4. The summed E-state index contributed by atoms with van der Waals surface area (Å²) >= 11 is 0. The van der Waals surface area contributed by atoms with Crippen molar-refractivity contribution >= 4 is 0 Å². The summed E-state index contributed by atoms with van der Waals surface area (Å²) in [5.74, 6) is 1.76. The van der Waals surface area contributed by atoms with Gasteiger partial charge in [-0.05, 0) is 43.9 Å². The molecule has 0 saturated heterocycles. The zero-order valence-electron chi connectivity index (χ0n) is 8.07. The summed E-state index contributed by atoms with van der Waals surface area (Å²) in [6.07, 6.45) is 2.92. The van der Waals surface area contributed by atoms with Crippen molar-refractivity contribution in [1.82, 2.24) is 0 Å². The average Bonchev–Trinajstić information content (AvgIpc) is 2.76. The molecule has 1 spiro atoms. The molecule has 0 aromatic rings. The van der Waals surface area contributed by atoms with Crippen LogP contribution in [0.5, 0.6) is 0 Å². The molecule has 62 valence electrons. The van der Waals surface area contributed by atoms with E-state index in [1.165, 1.54) is 12.8 Å². The first-order chi connectivity index (χ1) is 5.09. The van der Waals surface area contributed by atoms with Gasteiger partial charge in [0.2, 0.25) is 0 Å². The van der Waals surface area contributed by atoms with Gasteiger partial charge in [-0.3, -0.25) is 0 Å².